The van der Waals surface area contributed by atoms with Crippen LogP contribution in [0.3, 0.4) is 0 Å². The number of hydrogen-bond acceptors (Lipinski definition) is 7. The number of quaternary nitrogens is 1. The number of aliphatic imine (C=N–C) groups is 1. The van der Waals surface area contributed by atoms with Gasteiger partial charge in [-0.05, 0) is 26.2 Å². The second-order valence-electron chi connectivity index (χ2n) is 7.03. The molecule has 0 saturated carbocycles. The average Bonchev–Trinajstić information content (AvgIpc) is 2.95. The molecule has 10 heteroatoms. The number of Topliss-reactive ketones (excluding diaryl/α,β-unsaturated/α-hetero) is 1. The van der Waals surface area contributed by atoms with Crippen molar-refractivity contribution in [1.82, 2.24) is 0 Å². The van der Waals surface area contributed by atoms with Crippen molar-refractivity contribution in [3.05, 3.63) is 12.2 Å². The first kappa shape index (κ1) is 27.9. The Morgan fingerprint density at radius 2 is 2.00 bits per heavy atom. The van der Waals surface area contributed by atoms with Gasteiger partial charge in [0.05, 0.1) is 29.0 Å². The van der Waals surface area contributed by atoms with Crippen LogP contribution in [0.15, 0.2) is 17.1 Å². The Balaban J connectivity index is 0.00000729. The third-order valence-electron chi connectivity index (χ3n) is 4.73. The number of aliphatic hydroxyl groups excluding tert-OH is 2. The van der Waals surface area contributed by atoms with Gasteiger partial charge in [0.2, 0.25) is 5.78 Å². The van der Waals surface area contributed by atoms with E-state index in [1.54, 1.807) is 0 Å². The first-order chi connectivity index (χ1) is 12.7. The van der Waals surface area contributed by atoms with Crippen molar-refractivity contribution < 1.29 is 62.0 Å². The van der Waals surface area contributed by atoms with Crippen molar-refractivity contribution in [1.29, 1.82) is 0 Å². The fourth-order valence-corrected chi connectivity index (χ4v) is 4.08. The zero-order valence-electron chi connectivity index (χ0n) is 17.0. The van der Waals surface area contributed by atoms with Crippen molar-refractivity contribution in [3.63, 3.8) is 0 Å². The number of hydrogen-bond donors (Lipinski definition) is 2. The molecule has 0 saturated heterocycles. The summed E-state index contributed by atoms with van der Waals surface area (Å²) in [5.41, 5.74) is 0. The van der Waals surface area contributed by atoms with E-state index >= 15 is 0 Å². The van der Waals surface area contributed by atoms with Gasteiger partial charge < -0.3 is 14.8 Å². The Hall–Kier alpha value is -0.130. The third kappa shape index (κ3) is 10.1. The molecule has 0 aliphatic carbocycles. The van der Waals surface area contributed by atoms with E-state index in [2.05, 4.69) is 11.1 Å². The molecule has 2 unspecified atom stereocenters. The second-order valence-corrected chi connectivity index (χ2v) is 8.48. The maximum atomic E-state index is 12.6. The summed E-state index contributed by atoms with van der Waals surface area (Å²) in [7, 11) is -4.57. The smallest absolute Gasteiger partial charge is 0.748 e. The first-order valence-corrected chi connectivity index (χ1v) is 11.1. The van der Waals surface area contributed by atoms with Gasteiger partial charge in [-0.25, -0.2) is 13.4 Å². The number of unbranched alkanes of at least 4 members (excludes halogenated alkanes) is 4. The number of ketones is 1. The molecule has 0 spiro atoms. The fraction of sp³-hybridized carbons (Fsp3) is 0.778. The SMILES string of the molecule is C/C=C/CCCCCCC(=O)C1=NCC[N+]1(CCO)CC(O)CS(=O)(=O)[O-].[Na+]. The predicted octanol–water partition coefficient (Wildman–Crippen LogP) is -2.40. The molecule has 1 aliphatic heterocycles. The summed E-state index contributed by atoms with van der Waals surface area (Å²) < 4.78 is 32.6. The van der Waals surface area contributed by atoms with E-state index in [-0.39, 0.29) is 65.4 Å². The summed E-state index contributed by atoms with van der Waals surface area (Å²) in [5.74, 6) is -0.765. The minimum Gasteiger partial charge on any atom is -0.748 e. The van der Waals surface area contributed by atoms with E-state index in [0.717, 1.165) is 32.1 Å². The second kappa shape index (κ2) is 14.0. The predicted molar refractivity (Wildman–Crippen MR) is 102 cm³/mol. The molecule has 0 aromatic rings. The molecule has 0 fully saturated rings. The molecule has 156 valence electrons. The van der Waals surface area contributed by atoms with Gasteiger partial charge in [0.15, 0.2) is 0 Å². The van der Waals surface area contributed by atoms with Crippen LogP contribution in [0.5, 0.6) is 0 Å². The van der Waals surface area contributed by atoms with E-state index in [0.29, 0.717) is 19.5 Å². The average molecular weight is 428 g/mol. The van der Waals surface area contributed by atoms with Crippen LogP contribution in [-0.2, 0) is 14.9 Å². The van der Waals surface area contributed by atoms with Crippen LogP contribution in [0.1, 0.15) is 45.4 Å². The van der Waals surface area contributed by atoms with Crippen LogP contribution in [0.25, 0.3) is 0 Å². The minimum absolute atomic E-state index is 0. The van der Waals surface area contributed by atoms with Crippen LogP contribution in [-0.4, -0.2) is 83.9 Å². The van der Waals surface area contributed by atoms with Gasteiger partial charge in [0.1, 0.15) is 25.7 Å². The summed E-state index contributed by atoms with van der Waals surface area (Å²) in [5, 5.41) is 19.4. The van der Waals surface area contributed by atoms with Crippen LogP contribution in [0, 0.1) is 0 Å². The molecule has 2 atom stereocenters. The fourth-order valence-electron chi connectivity index (χ4n) is 3.51. The van der Waals surface area contributed by atoms with Crippen molar-refractivity contribution in [2.75, 3.05) is 38.5 Å². The van der Waals surface area contributed by atoms with Crippen molar-refractivity contribution in [2.24, 2.45) is 4.99 Å². The molecule has 1 heterocycles. The molecule has 0 aromatic carbocycles. The molecule has 2 N–H and O–H groups in total. The number of aliphatic hydroxyl groups is 2. The Morgan fingerprint density at radius 1 is 1.32 bits per heavy atom. The van der Waals surface area contributed by atoms with E-state index in [1.807, 2.05) is 13.0 Å². The molecular formula is C18H32N2NaO6S+. The zero-order chi connectivity index (χ0) is 20.3. The normalized spacial score (nSPS) is 20.8. The molecular weight excluding hydrogens is 395 g/mol. The molecule has 1 aliphatic rings. The number of carbonyl (C=O) groups is 1. The Bertz CT molecular complexity index is 638. The number of carbonyl (C=O) groups excluding carboxylic acids is 1. The van der Waals surface area contributed by atoms with Gasteiger partial charge in [-0.1, -0.05) is 25.0 Å². The zero-order valence-corrected chi connectivity index (χ0v) is 19.9. The van der Waals surface area contributed by atoms with Gasteiger partial charge in [-0.3, -0.25) is 9.28 Å². The largest absolute Gasteiger partial charge is 1.00 e. The summed E-state index contributed by atoms with van der Waals surface area (Å²) in [6.45, 7) is 2.58. The Labute approximate surface area is 190 Å². The van der Waals surface area contributed by atoms with E-state index in [4.69, 9.17) is 0 Å². The van der Waals surface area contributed by atoms with Gasteiger partial charge >= 0.3 is 29.6 Å². The molecule has 8 nitrogen and oxygen atoms in total. The first-order valence-electron chi connectivity index (χ1n) is 9.52. The van der Waals surface area contributed by atoms with Crippen molar-refractivity contribution >= 4 is 21.7 Å². The van der Waals surface area contributed by atoms with Crippen LogP contribution < -0.4 is 29.6 Å². The number of rotatable bonds is 14. The number of amidine groups is 1. The maximum Gasteiger partial charge on any atom is 1.00 e. The summed E-state index contributed by atoms with van der Waals surface area (Å²) in [6.07, 6.45) is 7.91. The summed E-state index contributed by atoms with van der Waals surface area (Å²) in [4.78, 5) is 16.9. The van der Waals surface area contributed by atoms with Crippen molar-refractivity contribution in [3.8, 4) is 0 Å². The molecule has 28 heavy (non-hydrogen) atoms. The molecule has 0 bridgehead atoms. The standard InChI is InChI=1S/C18H32N2O6S.Na/c1-2-3-4-5-6-7-8-9-17(23)18-19-10-11-20(18,12-13-21)14-16(22)15-27(24,25)26;/h2-3,16,21-22H,4-15H2,1H3;/q;+1/b3-2+;. The van der Waals surface area contributed by atoms with E-state index in [9.17, 15) is 28.0 Å². The van der Waals surface area contributed by atoms with Crippen LogP contribution >= 0.6 is 0 Å². The maximum absolute atomic E-state index is 12.6. The quantitative estimate of drug-likeness (QED) is 0.105. The molecule has 0 aromatic heterocycles. The van der Waals surface area contributed by atoms with Crippen molar-refractivity contribution in [2.45, 2.75) is 51.6 Å². The van der Waals surface area contributed by atoms with Crippen LogP contribution in [0.4, 0.5) is 0 Å². The Kier molecular flexibility index (Phi) is 13.9. The molecule has 0 amide bonds. The van der Waals surface area contributed by atoms with E-state index in [1.165, 1.54) is 0 Å². The molecule has 1 rings (SSSR count). The Morgan fingerprint density at radius 3 is 2.61 bits per heavy atom. The minimum atomic E-state index is -4.57. The topological polar surface area (TPSA) is 127 Å². The van der Waals surface area contributed by atoms with E-state index < -0.39 is 22.0 Å². The third-order valence-corrected chi connectivity index (χ3v) is 5.53. The molecule has 0 radical (unpaired) electrons. The van der Waals surface area contributed by atoms with Gasteiger partial charge in [0, 0.05) is 6.42 Å². The van der Waals surface area contributed by atoms with Crippen LogP contribution in [0.2, 0.25) is 0 Å². The number of nitrogens with zero attached hydrogens (tertiary/aromatic N) is 2. The summed E-state index contributed by atoms with van der Waals surface area (Å²) >= 11 is 0. The van der Waals surface area contributed by atoms with Gasteiger partial charge in [-0.2, -0.15) is 0 Å². The number of allylic oxidation sites excluding steroid dienone is 2. The van der Waals surface area contributed by atoms with Gasteiger partial charge in [-0.15, -0.1) is 0 Å². The van der Waals surface area contributed by atoms with Gasteiger partial charge in [0.25, 0.3) is 5.84 Å². The monoisotopic (exact) mass is 427 g/mol. The summed E-state index contributed by atoms with van der Waals surface area (Å²) in [6, 6.07) is 0.